The molecular weight excluding hydrogens is 342 g/mol. The van der Waals surface area contributed by atoms with Crippen LogP contribution < -0.4 is 4.90 Å². The summed E-state index contributed by atoms with van der Waals surface area (Å²) in [6.07, 6.45) is 5.48. The van der Waals surface area contributed by atoms with Crippen LogP contribution in [0.25, 0.3) is 27.3 Å². The molecule has 4 aromatic rings. The van der Waals surface area contributed by atoms with E-state index < -0.39 is 0 Å². The van der Waals surface area contributed by atoms with Gasteiger partial charge in [-0.3, -0.25) is 0 Å². The molecule has 3 heterocycles. The Morgan fingerprint density at radius 2 is 2.00 bits per heavy atom. The van der Waals surface area contributed by atoms with Crippen molar-refractivity contribution < 1.29 is 0 Å². The minimum absolute atomic E-state index is 0.569. The second kappa shape index (κ2) is 5.77. The van der Waals surface area contributed by atoms with Gasteiger partial charge in [-0.15, -0.1) is 16.4 Å². The lowest BCUT2D eigenvalue weighted by molar-refractivity contribution is 0.602. The monoisotopic (exact) mass is 363 g/mol. The van der Waals surface area contributed by atoms with Gasteiger partial charge in [0.1, 0.15) is 11.2 Å². The van der Waals surface area contributed by atoms with Gasteiger partial charge in [0.05, 0.1) is 5.39 Å². The number of nitrogens with zero attached hydrogens (tertiary/aromatic N) is 5. The summed E-state index contributed by atoms with van der Waals surface area (Å²) in [4.78, 5) is 14.2. The van der Waals surface area contributed by atoms with Gasteiger partial charge in [0, 0.05) is 30.2 Å². The first-order valence-corrected chi connectivity index (χ1v) is 9.88. The Bertz CT molecular complexity index is 1110. The van der Waals surface area contributed by atoms with Crippen molar-refractivity contribution in [3.05, 3.63) is 41.0 Å². The lowest BCUT2D eigenvalue weighted by Gasteiger charge is -2.18. The van der Waals surface area contributed by atoms with Crippen LogP contribution in [-0.2, 0) is 6.42 Å². The molecule has 0 N–H and O–H groups in total. The van der Waals surface area contributed by atoms with Gasteiger partial charge in [0.15, 0.2) is 11.5 Å². The van der Waals surface area contributed by atoms with Gasteiger partial charge in [-0.05, 0) is 55.0 Å². The Kier molecular flexibility index (Phi) is 3.50. The van der Waals surface area contributed by atoms with Gasteiger partial charge in [0.2, 0.25) is 0 Å². The quantitative estimate of drug-likeness (QED) is 0.526. The van der Waals surface area contributed by atoms with Crippen LogP contribution in [-0.4, -0.2) is 33.7 Å². The van der Waals surface area contributed by atoms with E-state index in [4.69, 9.17) is 10.1 Å². The molecule has 5 nitrogen and oxygen atoms in total. The normalized spacial score (nSPS) is 17.0. The van der Waals surface area contributed by atoms with Crippen molar-refractivity contribution in [1.29, 1.82) is 0 Å². The maximum absolute atomic E-state index is 4.91. The van der Waals surface area contributed by atoms with Crippen LogP contribution >= 0.6 is 11.3 Å². The molecule has 0 radical (unpaired) electrons. The van der Waals surface area contributed by atoms with E-state index in [0.29, 0.717) is 5.92 Å². The van der Waals surface area contributed by atoms with Crippen LogP contribution in [0.2, 0.25) is 0 Å². The zero-order valence-electron chi connectivity index (χ0n) is 15.2. The number of fused-ring (bicyclic) bond motifs is 5. The summed E-state index contributed by atoms with van der Waals surface area (Å²) in [5.74, 6) is 1.33. The summed E-state index contributed by atoms with van der Waals surface area (Å²) in [6, 6.07) is 8.37. The van der Waals surface area contributed by atoms with E-state index in [1.165, 1.54) is 40.8 Å². The predicted octanol–water partition coefficient (Wildman–Crippen LogP) is 4.51. The third-order valence-corrected chi connectivity index (χ3v) is 6.49. The molecule has 0 saturated heterocycles. The summed E-state index contributed by atoms with van der Waals surface area (Å²) in [5.41, 5.74) is 4.59. The van der Waals surface area contributed by atoms with Crippen molar-refractivity contribution in [3.63, 3.8) is 0 Å². The molecule has 1 aliphatic rings. The summed E-state index contributed by atoms with van der Waals surface area (Å²) >= 11 is 1.83. The first-order chi connectivity index (χ1) is 12.6. The number of rotatable bonds is 2. The minimum Gasteiger partial charge on any atom is -0.378 e. The average molecular weight is 363 g/mol. The van der Waals surface area contributed by atoms with Crippen molar-refractivity contribution in [2.24, 2.45) is 0 Å². The Labute approximate surface area is 156 Å². The van der Waals surface area contributed by atoms with Gasteiger partial charge in [-0.1, -0.05) is 6.92 Å². The molecule has 0 aliphatic heterocycles. The molecule has 1 atom stereocenters. The van der Waals surface area contributed by atoms with Crippen molar-refractivity contribution in [3.8, 4) is 11.4 Å². The van der Waals surface area contributed by atoms with Crippen LogP contribution in [0, 0.1) is 0 Å². The maximum atomic E-state index is 4.91. The molecule has 0 amide bonds. The fraction of sp³-hybridized carbons (Fsp3) is 0.350. The molecule has 3 aromatic heterocycles. The molecule has 132 valence electrons. The van der Waals surface area contributed by atoms with E-state index in [1.54, 1.807) is 6.33 Å². The van der Waals surface area contributed by atoms with Crippen LogP contribution in [0.4, 0.5) is 5.69 Å². The maximum Gasteiger partial charge on any atom is 0.182 e. The number of anilines is 1. The zero-order chi connectivity index (χ0) is 17.8. The number of aromatic nitrogens is 4. The average Bonchev–Trinajstić information content (AvgIpc) is 3.23. The highest BCUT2D eigenvalue weighted by atomic mass is 32.1. The van der Waals surface area contributed by atoms with E-state index in [1.807, 2.05) is 29.9 Å². The van der Waals surface area contributed by atoms with Gasteiger partial charge >= 0.3 is 0 Å². The molecule has 0 spiro atoms. The highest BCUT2D eigenvalue weighted by Crippen LogP contribution is 2.42. The number of hydrogen-bond donors (Lipinski definition) is 0. The zero-order valence-corrected chi connectivity index (χ0v) is 16.0. The Morgan fingerprint density at radius 1 is 1.19 bits per heavy atom. The summed E-state index contributed by atoms with van der Waals surface area (Å²) in [5, 5.41) is 5.91. The topological polar surface area (TPSA) is 46.3 Å². The summed E-state index contributed by atoms with van der Waals surface area (Å²) < 4.78 is 1.84. The molecule has 0 unspecified atom stereocenters. The van der Waals surface area contributed by atoms with E-state index in [2.05, 4.69) is 41.1 Å². The van der Waals surface area contributed by atoms with Gasteiger partial charge in [0.25, 0.3) is 0 Å². The molecule has 1 aliphatic carbocycles. The fourth-order valence-corrected chi connectivity index (χ4v) is 5.21. The molecular formula is C20H21N5S. The summed E-state index contributed by atoms with van der Waals surface area (Å²) in [7, 11) is 4.09. The van der Waals surface area contributed by atoms with E-state index in [-0.39, 0.29) is 0 Å². The van der Waals surface area contributed by atoms with Crippen molar-refractivity contribution in [1.82, 2.24) is 19.6 Å². The van der Waals surface area contributed by atoms with E-state index in [0.717, 1.165) is 21.9 Å². The number of benzene rings is 1. The minimum atomic E-state index is 0.569. The molecule has 26 heavy (non-hydrogen) atoms. The second-order valence-corrected chi connectivity index (χ2v) is 8.39. The second-order valence-electron chi connectivity index (χ2n) is 7.30. The van der Waals surface area contributed by atoms with Crippen LogP contribution in [0.15, 0.2) is 30.6 Å². The molecule has 0 fully saturated rings. The number of aryl methyl sites for hydroxylation is 1. The Morgan fingerprint density at radius 3 is 2.77 bits per heavy atom. The SMILES string of the molecule is C[C@H]1CCCc2sc3ncn4nc(-c5ccc(N(C)C)cc5)nc4c3c21. The van der Waals surface area contributed by atoms with Crippen molar-refractivity contribution in [2.45, 2.75) is 32.1 Å². The van der Waals surface area contributed by atoms with Gasteiger partial charge in [-0.25, -0.2) is 14.5 Å². The highest BCUT2D eigenvalue weighted by molar-refractivity contribution is 7.19. The fourth-order valence-electron chi connectivity index (χ4n) is 3.92. The van der Waals surface area contributed by atoms with Gasteiger partial charge < -0.3 is 4.90 Å². The van der Waals surface area contributed by atoms with Crippen molar-refractivity contribution >= 4 is 32.9 Å². The predicted molar refractivity (Wildman–Crippen MR) is 107 cm³/mol. The smallest absolute Gasteiger partial charge is 0.182 e. The van der Waals surface area contributed by atoms with Crippen LogP contribution in [0.1, 0.15) is 36.1 Å². The van der Waals surface area contributed by atoms with Crippen LogP contribution in [0.5, 0.6) is 0 Å². The molecule has 0 saturated carbocycles. The molecule has 1 aromatic carbocycles. The van der Waals surface area contributed by atoms with Crippen molar-refractivity contribution in [2.75, 3.05) is 19.0 Å². The lowest BCUT2D eigenvalue weighted by Crippen LogP contribution is -2.07. The van der Waals surface area contributed by atoms with E-state index >= 15 is 0 Å². The number of hydrogen-bond acceptors (Lipinski definition) is 5. The van der Waals surface area contributed by atoms with Crippen LogP contribution in [0.3, 0.4) is 0 Å². The van der Waals surface area contributed by atoms with E-state index in [9.17, 15) is 0 Å². The Balaban J connectivity index is 1.70. The lowest BCUT2D eigenvalue weighted by atomic mass is 9.87. The first-order valence-electron chi connectivity index (χ1n) is 9.06. The first kappa shape index (κ1) is 15.8. The molecule has 5 rings (SSSR count). The largest absolute Gasteiger partial charge is 0.378 e. The highest BCUT2D eigenvalue weighted by Gasteiger charge is 2.25. The molecule has 6 heteroatoms. The summed E-state index contributed by atoms with van der Waals surface area (Å²) in [6.45, 7) is 2.32. The number of thiophene rings is 1. The third-order valence-electron chi connectivity index (χ3n) is 5.32. The molecule has 0 bridgehead atoms. The Hall–Kier alpha value is -2.47. The standard InChI is InChI=1S/C20H21N5S/c1-12-5-4-6-15-16(12)17-19-22-18(23-25(19)11-21-20(17)26-15)13-7-9-14(10-8-13)24(2)3/h7-12H,4-6H2,1-3H3/t12-/m0/s1. The van der Waals surface area contributed by atoms with Gasteiger partial charge in [-0.2, -0.15) is 0 Å². The third kappa shape index (κ3) is 2.32.